The van der Waals surface area contributed by atoms with Crippen LogP contribution in [0.25, 0.3) is 0 Å². The lowest BCUT2D eigenvalue weighted by molar-refractivity contribution is 0.0734. The monoisotopic (exact) mass is 446 g/mol. The third-order valence-corrected chi connectivity index (χ3v) is 6.62. The van der Waals surface area contributed by atoms with Crippen LogP contribution in [0, 0.1) is 13.8 Å². The lowest BCUT2D eigenvalue weighted by Gasteiger charge is -2.42. The molecule has 0 spiro atoms. The molecule has 1 fully saturated rings. The van der Waals surface area contributed by atoms with Crippen molar-refractivity contribution in [2.75, 3.05) is 29.4 Å². The van der Waals surface area contributed by atoms with Gasteiger partial charge in [0.15, 0.2) is 5.82 Å². The van der Waals surface area contributed by atoms with Gasteiger partial charge in [-0.05, 0) is 50.8 Å². The summed E-state index contributed by atoms with van der Waals surface area (Å²) in [5, 5.41) is 19.4. The normalized spacial score (nSPS) is 16.8. The van der Waals surface area contributed by atoms with Gasteiger partial charge in [-0.1, -0.05) is 37.3 Å². The van der Waals surface area contributed by atoms with Crippen molar-refractivity contribution in [3.05, 3.63) is 70.8 Å². The Labute approximate surface area is 196 Å². The summed E-state index contributed by atoms with van der Waals surface area (Å²) >= 11 is 0. The fourth-order valence-electron chi connectivity index (χ4n) is 4.38. The van der Waals surface area contributed by atoms with Crippen LogP contribution in [0.5, 0.6) is 0 Å². The van der Waals surface area contributed by atoms with E-state index in [4.69, 9.17) is 0 Å². The van der Waals surface area contributed by atoms with E-state index in [0.717, 1.165) is 49.8 Å². The lowest BCUT2D eigenvalue weighted by atomic mass is 10.0. The number of aromatic nitrogens is 4. The Morgan fingerprint density at radius 1 is 1.00 bits per heavy atom. The Kier molecular flexibility index (Phi) is 6.61. The third-order valence-electron chi connectivity index (χ3n) is 6.62. The highest BCUT2D eigenvalue weighted by Gasteiger charge is 2.29. The predicted octanol–water partition coefficient (Wildman–Crippen LogP) is 3.81. The molecule has 4 rings (SSSR count). The first-order valence-electron chi connectivity index (χ1n) is 11.7. The van der Waals surface area contributed by atoms with Crippen molar-refractivity contribution in [1.82, 2.24) is 20.2 Å². The van der Waals surface area contributed by atoms with Gasteiger partial charge in [0.05, 0.1) is 23.8 Å². The van der Waals surface area contributed by atoms with E-state index in [9.17, 15) is 5.11 Å². The number of piperazine rings is 1. The summed E-state index contributed by atoms with van der Waals surface area (Å²) in [5.74, 6) is 1.83. The Bertz CT molecular complexity index is 1080. The Hall–Kier alpha value is -3.06. The molecule has 0 radical (unpaired) electrons. The molecule has 174 valence electrons. The maximum atomic E-state index is 10.2. The minimum atomic E-state index is -0.991. The van der Waals surface area contributed by atoms with Crippen molar-refractivity contribution < 1.29 is 5.11 Å². The fraction of sp³-hybridized carbons (Fsp3) is 0.462. The smallest absolute Gasteiger partial charge is 0.154 e. The molecule has 7 nitrogen and oxygen atoms in total. The van der Waals surface area contributed by atoms with Gasteiger partial charge in [0.2, 0.25) is 0 Å². The molecule has 1 aromatic carbocycles. The van der Waals surface area contributed by atoms with Gasteiger partial charge in [-0.25, -0.2) is 4.98 Å². The molecule has 33 heavy (non-hydrogen) atoms. The lowest BCUT2D eigenvalue weighted by Crippen LogP contribution is -2.54. The van der Waals surface area contributed by atoms with Crippen molar-refractivity contribution in [1.29, 1.82) is 0 Å². The zero-order valence-electron chi connectivity index (χ0n) is 20.3. The van der Waals surface area contributed by atoms with Gasteiger partial charge >= 0.3 is 0 Å². The van der Waals surface area contributed by atoms with Crippen LogP contribution in [0.15, 0.2) is 42.7 Å². The highest BCUT2D eigenvalue weighted by atomic mass is 16.3. The molecule has 2 aromatic heterocycles. The summed E-state index contributed by atoms with van der Waals surface area (Å²) in [5.41, 5.74) is 4.29. The standard InChI is InChI=1S/C26H34N6O/c1-6-21-17-31(12-13-32(21)24-16-27-23(15-28-24)26(4,5)33)25-19(3)18(2)22(29-30-25)14-20-10-8-7-9-11-20/h7-11,15-16,21,33H,6,12-14,17H2,1-5H3. The minimum absolute atomic E-state index is 0.298. The van der Waals surface area contributed by atoms with Crippen LogP contribution in [0.2, 0.25) is 0 Å². The molecule has 0 amide bonds. The number of hydrogen-bond donors (Lipinski definition) is 1. The zero-order valence-corrected chi connectivity index (χ0v) is 20.3. The second kappa shape index (κ2) is 9.43. The first-order chi connectivity index (χ1) is 15.8. The van der Waals surface area contributed by atoms with Gasteiger partial charge in [-0.2, -0.15) is 5.10 Å². The Balaban J connectivity index is 1.51. The van der Waals surface area contributed by atoms with Crippen molar-refractivity contribution in [2.45, 2.75) is 59.1 Å². The van der Waals surface area contributed by atoms with E-state index in [1.807, 2.05) is 6.07 Å². The molecule has 0 aliphatic carbocycles. The van der Waals surface area contributed by atoms with Gasteiger partial charge in [-0.15, -0.1) is 5.10 Å². The fourth-order valence-corrected chi connectivity index (χ4v) is 4.38. The van der Waals surface area contributed by atoms with Crippen molar-refractivity contribution in [3.63, 3.8) is 0 Å². The van der Waals surface area contributed by atoms with Gasteiger partial charge < -0.3 is 14.9 Å². The van der Waals surface area contributed by atoms with Crippen LogP contribution in [-0.2, 0) is 12.0 Å². The quantitative estimate of drug-likeness (QED) is 0.617. The molecule has 1 aliphatic heterocycles. The molecule has 1 saturated heterocycles. The summed E-state index contributed by atoms with van der Waals surface area (Å²) in [6.45, 7) is 12.5. The van der Waals surface area contributed by atoms with Crippen molar-refractivity contribution in [2.24, 2.45) is 0 Å². The molecule has 1 N–H and O–H groups in total. The molecule has 1 unspecified atom stereocenters. The number of nitrogens with zero attached hydrogens (tertiary/aromatic N) is 6. The predicted molar refractivity (Wildman–Crippen MR) is 132 cm³/mol. The second-order valence-electron chi connectivity index (χ2n) is 9.40. The molecule has 0 bridgehead atoms. The molecular weight excluding hydrogens is 412 g/mol. The average Bonchev–Trinajstić information content (AvgIpc) is 2.82. The highest BCUT2D eigenvalue weighted by molar-refractivity contribution is 5.53. The summed E-state index contributed by atoms with van der Waals surface area (Å²) in [7, 11) is 0. The van der Waals surface area contributed by atoms with Gasteiger partial charge in [-0.3, -0.25) is 4.98 Å². The van der Waals surface area contributed by atoms with Crippen molar-refractivity contribution >= 4 is 11.6 Å². The molecule has 1 aliphatic rings. The highest BCUT2D eigenvalue weighted by Crippen LogP contribution is 2.28. The number of anilines is 2. The number of aliphatic hydroxyl groups is 1. The van der Waals surface area contributed by atoms with Crippen LogP contribution in [-0.4, -0.2) is 50.9 Å². The van der Waals surface area contributed by atoms with Crippen LogP contribution in [0.1, 0.15) is 55.3 Å². The van der Waals surface area contributed by atoms with Gasteiger partial charge in [0.1, 0.15) is 11.4 Å². The Morgan fingerprint density at radius 2 is 1.76 bits per heavy atom. The first kappa shape index (κ1) is 23.1. The third kappa shape index (κ3) is 4.98. The van der Waals surface area contributed by atoms with E-state index in [1.54, 1.807) is 26.2 Å². The molecular formula is C26H34N6O. The maximum absolute atomic E-state index is 10.2. The average molecular weight is 447 g/mol. The van der Waals surface area contributed by atoms with Crippen molar-refractivity contribution in [3.8, 4) is 0 Å². The molecule has 3 heterocycles. The molecule has 0 saturated carbocycles. The van der Waals surface area contributed by atoms with Crippen LogP contribution >= 0.6 is 0 Å². The van der Waals surface area contributed by atoms with E-state index < -0.39 is 5.60 Å². The minimum Gasteiger partial charge on any atom is -0.384 e. The van der Waals surface area contributed by atoms with Gasteiger partial charge in [0.25, 0.3) is 0 Å². The number of hydrogen-bond acceptors (Lipinski definition) is 7. The SMILES string of the molecule is CCC1CN(c2nnc(Cc3ccccc3)c(C)c2C)CCN1c1cnc(C(C)(C)O)cn1. The van der Waals surface area contributed by atoms with E-state index >= 15 is 0 Å². The van der Waals surface area contributed by atoms with Gasteiger partial charge in [0, 0.05) is 32.1 Å². The first-order valence-corrected chi connectivity index (χ1v) is 11.7. The largest absolute Gasteiger partial charge is 0.384 e. The molecule has 1 atom stereocenters. The molecule has 3 aromatic rings. The van der Waals surface area contributed by atoms with Crippen LogP contribution in [0.3, 0.4) is 0 Å². The number of rotatable bonds is 6. The summed E-state index contributed by atoms with van der Waals surface area (Å²) < 4.78 is 0. The number of benzene rings is 1. The van der Waals surface area contributed by atoms with E-state index in [2.05, 4.69) is 75.0 Å². The topological polar surface area (TPSA) is 78.3 Å². The zero-order chi connectivity index (χ0) is 23.6. The van der Waals surface area contributed by atoms with Crippen LogP contribution in [0.4, 0.5) is 11.6 Å². The maximum Gasteiger partial charge on any atom is 0.154 e. The second-order valence-corrected chi connectivity index (χ2v) is 9.40. The summed E-state index contributed by atoms with van der Waals surface area (Å²) in [6, 6.07) is 10.7. The molecule has 7 heteroatoms. The summed E-state index contributed by atoms with van der Waals surface area (Å²) in [6.07, 6.45) is 5.24. The van der Waals surface area contributed by atoms with E-state index in [1.165, 1.54) is 16.7 Å². The van der Waals surface area contributed by atoms with Crippen LogP contribution < -0.4 is 9.80 Å². The Morgan fingerprint density at radius 3 is 2.39 bits per heavy atom. The van der Waals surface area contributed by atoms with E-state index in [-0.39, 0.29) is 0 Å². The summed E-state index contributed by atoms with van der Waals surface area (Å²) in [4.78, 5) is 13.7. The van der Waals surface area contributed by atoms with E-state index in [0.29, 0.717) is 11.7 Å².